The Morgan fingerprint density at radius 2 is 1.59 bits per heavy atom. The molecular weight excluding hydrogens is 272 g/mol. The van der Waals surface area contributed by atoms with E-state index in [9.17, 15) is 0 Å². The summed E-state index contributed by atoms with van der Waals surface area (Å²) in [5, 5.41) is 0. The zero-order chi connectivity index (χ0) is 14.9. The summed E-state index contributed by atoms with van der Waals surface area (Å²) >= 11 is 0. The number of imidazole rings is 1. The molecule has 22 heavy (non-hydrogen) atoms. The smallest absolute Gasteiger partial charge is 0.137 e. The molecule has 4 rings (SSSR count). The average molecular weight is 286 g/mol. The molecule has 3 aromatic heterocycles. The number of benzene rings is 1. The molecule has 4 nitrogen and oxygen atoms in total. The number of aromatic nitrogens is 3. The lowest BCUT2D eigenvalue weighted by molar-refractivity contribution is 1.19. The van der Waals surface area contributed by atoms with Crippen molar-refractivity contribution in [2.75, 3.05) is 5.73 Å². The molecule has 0 aliphatic rings. The van der Waals surface area contributed by atoms with E-state index >= 15 is 0 Å². The van der Waals surface area contributed by atoms with Gasteiger partial charge >= 0.3 is 0 Å². The molecule has 4 aromatic rings. The minimum Gasteiger partial charge on any atom is -0.384 e. The van der Waals surface area contributed by atoms with Crippen molar-refractivity contribution in [3.8, 4) is 22.4 Å². The molecule has 0 spiro atoms. The molecule has 0 radical (unpaired) electrons. The predicted octanol–water partition coefficient (Wildman–Crippen LogP) is 3.65. The van der Waals surface area contributed by atoms with Crippen molar-refractivity contribution >= 4 is 11.5 Å². The first-order chi connectivity index (χ1) is 10.8. The summed E-state index contributed by atoms with van der Waals surface area (Å²) in [7, 11) is 0. The number of nitrogen functional groups attached to an aromatic ring is 1. The second-order valence-corrected chi connectivity index (χ2v) is 5.14. The fourth-order valence-electron chi connectivity index (χ4n) is 2.48. The van der Waals surface area contributed by atoms with E-state index in [1.165, 1.54) is 0 Å². The first kappa shape index (κ1) is 12.6. The van der Waals surface area contributed by atoms with Crippen molar-refractivity contribution < 1.29 is 0 Å². The van der Waals surface area contributed by atoms with Crippen molar-refractivity contribution in [3.63, 3.8) is 0 Å². The van der Waals surface area contributed by atoms with Gasteiger partial charge in [0, 0.05) is 29.7 Å². The zero-order valence-electron chi connectivity index (χ0n) is 11.8. The SMILES string of the molecule is Nc1ccc(-c2ccc(-c3cn4ccccc4n3)cc2)cn1. The number of nitrogens with zero attached hydrogens (tertiary/aromatic N) is 3. The van der Waals surface area contributed by atoms with Gasteiger partial charge in [0.1, 0.15) is 11.5 Å². The Hall–Kier alpha value is -3.14. The lowest BCUT2D eigenvalue weighted by atomic mass is 10.0. The fraction of sp³-hybridized carbons (Fsp3) is 0. The number of fused-ring (bicyclic) bond motifs is 1. The molecule has 1 aromatic carbocycles. The van der Waals surface area contributed by atoms with Crippen molar-refractivity contribution in [1.82, 2.24) is 14.4 Å². The topological polar surface area (TPSA) is 56.2 Å². The summed E-state index contributed by atoms with van der Waals surface area (Å²) in [6.07, 6.45) is 5.82. The van der Waals surface area contributed by atoms with Crippen LogP contribution in [0.3, 0.4) is 0 Å². The van der Waals surface area contributed by atoms with Gasteiger partial charge in [0.2, 0.25) is 0 Å². The van der Waals surface area contributed by atoms with Crippen LogP contribution in [0.1, 0.15) is 0 Å². The van der Waals surface area contributed by atoms with Crippen LogP contribution < -0.4 is 5.73 Å². The van der Waals surface area contributed by atoms with Crippen LogP contribution in [-0.2, 0) is 0 Å². The highest BCUT2D eigenvalue weighted by Gasteiger charge is 2.05. The van der Waals surface area contributed by atoms with Gasteiger partial charge in [0.15, 0.2) is 0 Å². The lowest BCUT2D eigenvalue weighted by Crippen LogP contribution is -1.88. The molecule has 0 saturated heterocycles. The van der Waals surface area contributed by atoms with E-state index in [2.05, 4.69) is 34.2 Å². The van der Waals surface area contributed by atoms with Crippen LogP contribution in [0.25, 0.3) is 28.0 Å². The minimum atomic E-state index is 0.532. The second kappa shape index (κ2) is 5.00. The van der Waals surface area contributed by atoms with E-state index in [-0.39, 0.29) is 0 Å². The van der Waals surface area contributed by atoms with Crippen LogP contribution >= 0.6 is 0 Å². The highest BCUT2D eigenvalue weighted by molar-refractivity contribution is 5.69. The van der Waals surface area contributed by atoms with E-state index in [0.717, 1.165) is 28.0 Å². The molecule has 0 saturated carbocycles. The number of hydrogen-bond donors (Lipinski definition) is 1. The summed E-state index contributed by atoms with van der Waals surface area (Å²) in [4.78, 5) is 8.76. The molecule has 3 heterocycles. The third-order valence-electron chi connectivity index (χ3n) is 3.66. The Morgan fingerprint density at radius 3 is 2.32 bits per heavy atom. The molecule has 4 heteroatoms. The Bertz CT molecular complexity index is 888. The standard InChI is InChI=1S/C18H14N4/c19-17-9-8-15(11-20-17)13-4-6-14(7-5-13)16-12-22-10-2-1-3-18(22)21-16/h1-12H,(H2,19,20). The maximum Gasteiger partial charge on any atom is 0.137 e. The maximum atomic E-state index is 5.62. The summed E-state index contributed by atoms with van der Waals surface area (Å²) in [6, 6.07) is 18.1. The van der Waals surface area contributed by atoms with E-state index < -0.39 is 0 Å². The summed E-state index contributed by atoms with van der Waals surface area (Å²) in [5.74, 6) is 0.532. The Kier molecular flexibility index (Phi) is 2.86. The highest BCUT2D eigenvalue weighted by atomic mass is 15.0. The molecule has 0 amide bonds. The number of nitrogens with two attached hydrogens (primary N) is 1. The maximum absolute atomic E-state index is 5.62. The van der Waals surface area contributed by atoms with Crippen LogP contribution in [0.5, 0.6) is 0 Å². The van der Waals surface area contributed by atoms with Crippen molar-refractivity contribution in [1.29, 1.82) is 0 Å². The fourth-order valence-corrected chi connectivity index (χ4v) is 2.48. The van der Waals surface area contributed by atoms with Crippen LogP contribution in [0, 0.1) is 0 Å². The molecular formula is C18H14N4. The van der Waals surface area contributed by atoms with Gasteiger partial charge in [-0.1, -0.05) is 30.3 Å². The second-order valence-electron chi connectivity index (χ2n) is 5.14. The van der Waals surface area contributed by atoms with Crippen LogP contribution in [0.2, 0.25) is 0 Å². The quantitative estimate of drug-likeness (QED) is 0.612. The molecule has 0 aliphatic carbocycles. The van der Waals surface area contributed by atoms with E-state index in [1.807, 2.05) is 47.1 Å². The molecule has 0 atom stereocenters. The molecule has 0 fully saturated rings. The predicted molar refractivity (Wildman–Crippen MR) is 88.3 cm³/mol. The normalized spacial score (nSPS) is 10.9. The number of rotatable bonds is 2. The van der Waals surface area contributed by atoms with Gasteiger partial charge in [0.25, 0.3) is 0 Å². The van der Waals surface area contributed by atoms with Crippen molar-refractivity contribution in [2.24, 2.45) is 0 Å². The van der Waals surface area contributed by atoms with Crippen molar-refractivity contribution in [3.05, 3.63) is 73.2 Å². The van der Waals surface area contributed by atoms with E-state index in [1.54, 1.807) is 6.20 Å². The van der Waals surface area contributed by atoms with Crippen molar-refractivity contribution in [2.45, 2.75) is 0 Å². The van der Waals surface area contributed by atoms with Crippen LogP contribution in [0.4, 0.5) is 5.82 Å². The molecule has 0 aliphatic heterocycles. The number of pyridine rings is 2. The van der Waals surface area contributed by atoms with Crippen LogP contribution in [0.15, 0.2) is 73.2 Å². The molecule has 0 bridgehead atoms. The largest absolute Gasteiger partial charge is 0.384 e. The van der Waals surface area contributed by atoms with Gasteiger partial charge in [-0.3, -0.25) is 0 Å². The Labute approximate surface area is 127 Å². The monoisotopic (exact) mass is 286 g/mol. The Balaban J connectivity index is 1.70. The van der Waals surface area contributed by atoms with Crippen LogP contribution in [-0.4, -0.2) is 14.4 Å². The summed E-state index contributed by atoms with van der Waals surface area (Å²) in [5.41, 5.74) is 10.8. The summed E-state index contributed by atoms with van der Waals surface area (Å²) in [6.45, 7) is 0. The first-order valence-electron chi connectivity index (χ1n) is 7.06. The number of anilines is 1. The van der Waals surface area contributed by atoms with Gasteiger partial charge in [-0.2, -0.15) is 0 Å². The third-order valence-corrected chi connectivity index (χ3v) is 3.66. The van der Waals surface area contributed by atoms with E-state index in [0.29, 0.717) is 5.82 Å². The zero-order valence-corrected chi connectivity index (χ0v) is 11.8. The van der Waals surface area contributed by atoms with Gasteiger partial charge in [-0.05, 0) is 29.8 Å². The minimum absolute atomic E-state index is 0.532. The third kappa shape index (κ3) is 2.20. The molecule has 106 valence electrons. The lowest BCUT2D eigenvalue weighted by Gasteiger charge is -2.03. The number of hydrogen-bond acceptors (Lipinski definition) is 3. The summed E-state index contributed by atoms with van der Waals surface area (Å²) < 4.78 is 2.02. The van der Waals surface area contributed by atoms with Gasteiger partial charge in [-0.15, -0.1) is 0 Å². The highest BCUT2D eigenvalue weighted by Crippen LogP contribution is 2.24. The first-order valence-corrected chi connectivity index (χ1v) is 7.06. The van der Waals surface area contributed by atoms with E-state index in [4.69, 9.17) is 5.73 Å². The average Bonchev–Trinajstić information content (AvgIpc) is 3.00. The molecule has 2 N–H and O–H groups in total. The Morgan fingerprint density at radius 1 is 0.818 bits per heavy atom. The van der Waals surface area contributed by atoms with Gasteiger partial charge in [0.05, 0.1) is 5.69 Å². The van der Waals surface area contributed by atoms with Gasteiger partial charge < -0.3 is 10.1 Å². The molecule has 0 unspecified atom stereocenters. The van der Waals surface area contributed by atoms with Gasteiger partial charge in [-0.25, -0.2) is 9.97 Å².